The molecule has 0 aliphatic heterocycles. The molecular formula is C11H22N2O4. The maximum Gasteiger partial charge on any atom is 0.328 e. The lowest BCUT2D eigenvalue weighted by Crippen LogP contribution is -2.52. The number of aliphatic hydroxyl groups excluding tert-OH is 1. The van der Waals surface area contributed by atoms with Crippen LogP contribution < -0.4 is 11.1 Å². The molecule has 100 valence electrons. The molecule has 0 saturated heterocycles. The lowest BCUT2D eigenvalue weighted by molar-refractivity contribution is -0.158. The summed E-state index contributed by atoms with van der Waals surface area (Å²) in [5.74, 6) is -1.12. The standard InChI is InChI=1S/C11H22N2O4/c1-6(10(16)17-11(3,4)5)13-9(15)8(12)7(2)14/h6-8,14H,12H2,1-5H3,(H,13,15)/t6-,7+,8+/m0/s1. The van der Waals surface area contributed by atoms with Crippen LogP contribution in [0.2, 0.25) is 0 Å². The largest absolute Gasteiger partial charge is 0.458 e. The summed E-state index contributed by atoms with van der Waals surface area (Å²) < 4.78 is 5.08. The van der Waals surface area contributed by atoms with Crippen molar-refractivity contribution in [2.24, 2.45) is 5.73 Å². The van der Waals surface area contributed by atoms with E-state index in [4.69, 9.17) is 15.6 Å². The number of aliphatic hydroxyl groups is 1. The van der Waals surface area contributed by atoms with Crippen molar-refractivity contribution in [2.75, 3.05) is 0 Å². The van der Waals surface area contributed by atoms with Crippen LogP contribution in [-0.4, -0.2) is 40.8 Å². The van der Waals surface area contributed by atoms with Crippen molar-refractivity contribution >= 4 is 11.9 Å². The Balaban J connectivity index is 4.31. The van der Waals surface area contributed by atoms with E-state index < -0.39 is 35.7 Å². The van der Waals surface area contributed by atoms with Crippen LogP contribution in [0.5, 0.6) is 0 Å². The van der Waals surface area contributed by atoms with Crippen molar-refractivity contribution in [1.82, 2.24) is 5.32 Å². The van der Waals surface area contributed by atoms with E-state index in [0.717, 1.165) is 0 Å². The number of amides is 1. The summed E-state index contributed by atoms with van der Waals surface area (Å²) in [6.07, 6.45) is -0.971. The lowest BCUT2D eigenvalue weighted by atomic mass is 10.1. The van der Waals surface area contributed by atoms with Crippen LogP contribution in [0.3, 0.4) is 0 Å². The molecule has 3 atom stereocenters. The molecule has 0 rings (SSSR count). The van der Waals surface area contributed by atoms with Gasteiger partial charge < -0.3 is 20.9 Å². The molecule has 6 nitrogen and oxygen atoms in total. The molecule has 17 heavy (non-hydrogen) atoms. The minimum absolute atomic E-state index is 0.538. The molecule has 1 amide bonds. The summed E-state index contributed by atoms with van der Waals surface area (Å²) in [5, 5.41) is 11.5. The number of rotatable bonds is 4. The van der Waals surface area contributed by atoms with Crippen LogP contribution in [-0.2, 0) is 14.3 Å². The number of nitrogens with one attached hydrogen (secondary N) is 1. The Morgan fingerprint density at radius 3 is 2.12 bits per heavy atom. The SMILES string of the molecule is C[C@H](NC(=O)[C@H](N)[C@@H](C)O)C(=O)OC(C)(C)C. The Morgan fingerprint density at radius 2 is 1.76 bits per heavy atom. The van der Waals surface area contributed by atoms with Gasteiger partial charge in [-0.2, -0.15) is 0 Å². The predicted molar refractivity (Wildman–Crippen MR) is 63.1 cm³/mol. The third-order valence-electron chi connectivity index (χ3n) is 1.94. The first kappa shape index (κ1) is 15.9. The quantitative estimate of drug-likeness (QED) is 0.583. The van der Waals surface area contributed by atoms with Gasteiger partial charge in [-0.1, -0.05) is 0 Å². The van der Waals surface area contributed by atoms with E-state index in [1.165, 1.54) is 13.8 Å². The Kier molecular flexibility index (Phi) is 5.57. The highest BCUT2D eigenvalue weighted by Gasteiger charge is 2.26. The molecule has 4 N–H and O–H groups in total. The van der Waals surface area contributed by atoms with Crippen LogP contribution in [0.15, 0.2) is 0 Å². The highest BCUT2D eigenvalue weighted by Crippen LogP contribution is 2.08. The number of esters is 1. The van der Waals surface area contributed by atoms with Crippen molar-refractivity contribution in [3.8, 4) is 0 Å². The molecule has 6 heteroatoms. The molecule has 0 unspecified atom stereocenters. The molecule has 0 saturated carbocycles. The van der Waals surface area contributed by atoms with E-state index in [1.807, 2.05) is 0 Å². The fraction of sp³-hybridized carbons (Fsp3) is 0.818. The number of nitrogens with two attached hydrogens (primary N) is 1. The first-order valence-corrected chi connectivity index (χ1v) is 5.51. The van der Waals surface area contributed by atoms with Crippen LogP contribution in [0, 0.1) is 0 Å². The van der Waals surface area contributed by atoms with Gasteiger partial charge in [-0.05, 0) is 34.6 Å². The molecule has 0 fully saturated rings. The van der Waals surface area contributed by atoms with Crippen LogP contribution in [0.4, 0.5) is 0 Å². The molecule has 0 aromatic heterocycles. The van der Waals surface area contributed by atoms with Crippen LogP contribution in [0.1, 0.15) is 34.6 Å². The van der Waals surface area contributed by atoms with Crippen LogP contribution in [0.25, 0.3) is 0 Å². The summed E-state index contributed by atoms with van der Waals surface area (Å²) in [6.45, 7) is 8.12. The van der Waals surface area contributed by atoms with Gasteiger partial charge in [-0.15, -0.1) is 0 Å². The van der Waals surface area contributed by atoms with Crippen LogP contribution >= 0.6 is 0 Å². The first-order chi connectivity index (χ1) is 7.54. The second-order valence-corrected chi connectivity index (χ2v) is 5.03. The second kappa shape index (κ2) is 5.97. The van der Waals surface area contributed by atoms with Crippen molar-refractivity contribution in [1.29, 1.82) is 0 Å². The maximum absolute atomic E-state index is 11.5. The zero-order chi connectivity index (χ0) is 13.8. The maximum atomic E-state index is 11.5. The van der Waals surface area contributed by atoms with Crippen molar-refractivity contribution in [3.05, 3.63) is 0 Å². The zero-order valence-electron chi connectivity index (χ0n) is 11.0. The van der Waals surface area contributed by atoms with Gasteiger partial charge in [0.25, 0.3) is 0 Å². The average molecular weight is 246 g/mol. The van der Waals surface area contributed by atoms with E-state index in [0.29, 0.717) is 0 Å². The van der Waals surface area contributed by atoms with Gasteiger partial charge in [-0.25, -0.2) is 4.79 Å². The number of ether oxygens (including phenoxy) is 1. The summed E-state index contributed by atoms with van der Waals surface area (Å²) in [7, 11) is 0. The third kappa shape index (κ3) is 6.23. The summed E-state index contributed by atoms with van der Waals surface area (Å²) in [4.78, 5) is 23.0. The van der Waals surface area contributed by atoms with Crippen molar-refractivity contribution in [2.45, 2.75) is 58.4 Å². The van der Waals surface area contributed by atoms with Crippen molar-refractivity contribution < 1.29 is 19.4 Å². The Bertz CT molecular complexity index is 284. The zero-order valence-corrected chi connectivity index (χ0v) is 11.0. The fourth-order valence-corrected chi connectivity index (χ4v) is 0.978. The molecular weight excluding hydrogens is 224 g/mol. The topological polar surface area (TPSA) is 102 Å². The Hall–Kier alpha value is -1.14. The summed E-state index contributed by atoms with van der Waals surface area (Å²) in [6, 6.07) is -1.86. The lowest BCUT2D eigenvalue weighted by Gasteiger charge is -2.23. The fourth-order valence-electron chi connectivity index (χ4n) is 0.978. The van der Waals surface area contributed by atoms with Gasteiger partial charge in [0.2, 0.25) is 5.91 Å². The molecule has 0 aromatic carbocycles. The number of carbonyl (C=O) groups is 2. The molecule has 0 aliphatic rings. The minimum Gasteiger partial charge on any atom is -0.458 e. The average Bonchev–Trinajstić information content (AvgIpc) is 2.13. The minimum atomic E-state index is -1.06. The van der Waals surface area contributed by atoms with Gasteiger partial charge in [0.05, 0.1) is 6.10 Å². The Labute approximate surface area is 102 Å². The van der Waals surface area contributed by atoms with E-state index in [1.54, 1.807) is 20.8 Å². The molecule has 0 bridgehead atoms. The van der Waals surface area contributed by atoms with Crippen molar-refractivity contribution in [3.63, 3.8) is 0 Å². The highest BCUT2D eigenvalue weighted by atomic mass is 16.6. The number of hydrogen-bond donors (Lipinski definition) is 3. The molecule has 0 spiro atoms. The van der Waals surface area contributed by atoms with Gasteiger partial charge in [0.1, 0.15) is 17.7 Å². The predicted octanol–water partition coefficient (Wildman–Crippen LogP) is -0.459. The molecule has 0 radical (unpaired) electrons. The number of hydrogen-bond acceptors (Lipinski definition) is 5. The van der Waals surface area contributed by atoms with Gasteiger partial charge in [0.15, 0.2) is 0 Å². The molecule has 0 aromatic rings. The van der Waals surface area contributed by atoms with E-state index in [-0.39, 0.29) is 0 Å². The van der Waals surface area contributed by atoms with E-state index in [2.05, 4.69) is 5.32 Å². The van der Waals surface area contributed by atoms with E-state index >= 15 is 0 Å². The Morgan fingerprint density at radius 1 is 1.29 bits per heavy atom. The molecule has 0 heterocycles. The summed E-state index contributed by atoms with van der Waals surface area (Å²) in [5.41, 5.74) is 4.81. The van der Waals surface area contributed by atoms with Gasteiger partial charge >= 0.3 is 5.97 Å². The smallest absolute Gasteiger partial charge is 0.328 e. The second-order valence-electron chi connectivity index (χ2n) is 5.03. The summed E-state index contributed by atoms with van der Waals surface area (Å²) >= 11 is 0. The van der Waals surface area contributed by atoms with Gasteiger partial charge in [0, 0.05) is 0 Å². The third-order valence-corrected chi connectivity index (χ3v) is 1.94. The first-order valence-electron chi connectivity index (χ1n) is 5.51. The van der Waals surface area contributed by atoms with E-state index in [9.17, 15) is 9.59 Å². The number of carbonyl (C=O) groups excluding carboxylic acids is 2. The monoisotopic (exact) mass is 246 g/mol. The van der Waals surface area contributed by atoms with Gasteiger partial charge in [-0.3, -0.25) is 4.79 Å². The normalized spacial score (nSPS) is 16.9. The highest BCUT2D eigenvalue weighted by molar-refractivity contribution is 5.87. The molecule has 0 aliphatic carbocycles.